The average Bonchev–Trinajstić information content (AvgIpc) is 2.59. The molecule has 0 aliphatic heterocycles. The summed E-state index contributed by atoms with van der Waals surface area (Å²) in [5, 5.41) is 5.88. The molecule has 0 aliphatic rings. The van der Waals surface area contributed by atoms with Crippen molar-refractivity contribution >= 4 is 11.8 Å². The number of hydrogen-bond acceptors (Lipinski definition) is 4. The van der Waals surface area contributed by atoms with Crippen LogP contribution in [-0.2, 0) is 9.59 Å². The second-order valence-corrected chi connectivity index (χ2v) is 8.99. The van der Waals surface area contributed by atoms with Gasteiger partial charge < -0.3 is 20.1 Å². The Labute approximate surface area is 169 Å². The first kappa shape index (κ1) is 23.8. The highest BCUT2D eigenvalue weighted by Crippen LogP contribution is 2.31. The first-order chi connectivity index (χ1) is 12.9. The first-order valence-electron chi connectivity index (χ1n) is 9.82. The molecule has 28 heavy (non-hydrogen) atoms. The van der Waals surface area contributed by atoms with Gasteiger partial charge in [0, 0.05) is 10.8 Å². The Kier molecular flexibility index (Phi) is 8.33. The van der Waals surface area contributed by atoms with Gasteiger partial charge in [0.1, 0.15) is 6.17 Å². The summed E-state index contributed by atoms with van der Waals surface area (Å²) in [4.78, 5) is 25.2. The zero-order valence-electron chi connectivity index (χ0n) is 18.6. The number of methoxy groups -OCH3 is 1. The minimum Gasteiger partial charge on any atom is -0.493 e. The van der Waals surface area contributed by atoms with Crippen LogP contribution in [0.2, 0.25) is 0 Å². The van der Waals surface area contributed by atoms with Gasteiger partial charge in [-0.15, -0.1) is 0 Å². The zero-order chi connectivity index (χ0) is 21.5. The third-order valence-corrected chi connectivity index (χ3v) is 4.19. The SMILES string of the molecule is CCCCOc1cc(C(NC(=O)C(C)(C)C)NC(=O)C(C)(C)C)ccc1OC. The lowest BCUT2D eigenvalue weighted by atomic mass is 9.94. The second kappa shape index (κ2) is 9.80. The van der Waals surface area contributed by atoms with Crippen LogP contribution in [0.4, 0.5) is 0 Å². The number of benzene rings is 1. The fourth-order valence-electron chi connectivity index (χ4n) is 2.21. The zero-order valence-corrected chi connectivity index (χ0v) is 18.6. The van der Waals surface area contributed by atoms with Crippen LogP contribution in [0.15, 0.2) is 18.2 Å². The monoisotopic (exact) mass is 392 g/mol. The van der Waals surface area contributed by atoms with Crippen molar-refractivity contribution in [3.8, 4) is 11.5 Å². The maximum Gasteiger partial charge on any atom is 0.227 e. The number of hydrogen-bond donors (Lipinski definition) is 2. The number of rotatable bonds is 8. The van der Waals surface area contributed by atoms with Crippen LogP contribution in [0.1, 0.15) is 73.0 Å². The van der Waals surface area contributed by atoms with Gasteiger partial charge in [0.25, 0.3) is 0 Å². The predicted octanol–water partition coefficient (Wildman–Crippen LogP) is 4.20. The van der Waals surface area contributed by atoms with Crippen molar-refractivity contribution < 1.29 is 19.1 Å². The summed E-state index contributed by atoms with van der Waals surface area (Å²) in [6.45, 7) is 13.7. The molecule has 0 saturated carbocycles. The van der Waals surface area contributed by atoms with Crippen LogP contribution < -0.4 is 20.1 Å². The summed E-state index contributed by atoms with van der Waals surface area (Å²) in [6, 6.07) is 5.42. The Morgan fingerprint density at radius 1 is 0.964 bits per heavy atom. The summed E-state index contributed by atoms with van der Waals surface area (Å²) in [5.74, 6) is 0.892. The molecule has 1 aromatic carbocycles. The molecular formula is C22H36N2O4. The van der Waals surface area contributed by atoms with E-state index in [2.05, 4.69) is 17.6 Å². The minimum atomic E-state index is -0.669. The summed E-state index contributed by atoms with van der Waals surface area (Å²) in [7, 11) is 1.59. The van der Waals surface area contributed by atoms with Gasteiger partial charge in [0.05, 0.1) is 13.7 Å². The second-order valence-electron chi connectivity index (χ2n) is 8.99. The lowest BCUT2D eigenvalue weighted by Crippen LogP contribution is -2.47. The van der Waals surface area contributed by atoms with E-state index in [-0.39, 0.29) is 11.8 Å². The van der Waals surface area contributed by atoms with Gasteiger partial charge in [-0.1, -0.05) is 61.0 Å². The molecule has 6 heteroatoms. The van der Waals surface area contributed by atoms with Crippen LogP contribution in [0, 0.1) is 10.8 Å². The topological polar surface area (TPSA) is 76.7 Å². The van der Waals surface area contributed by atoms with Crippen molar-refractivity contribution in [2.75, 3.05) is 13.7 Å². The fraction of sp³-hybridized carbons (Fsp3) is 0.636. The molecule has 0 atom stereocenters. The highest BCUT2D eigenvalue weighted by molar-refractivity contribution is 5.84. The van der Waals surface area contributed by atoms with E-state index in [4.69, 9.17) is 9.47 Å². The molecule has 0 fully saturated rings. The van der Waals surface area contributed by atoms with E-state index < -0.39 is 17.0 Å². The van der Waals surface area contributed by atoms with E-state index in [1.165, 1.54) is 0 Å². The molecule has 2 amide bonds. The molecule has 158 valence electrons. The van der Waals surface area contributed by atoms with E-state index in [0.29, 0.717) is 18.1 Å². The molecule has 2 N–H and O–H groups in total. The van der Waals surface area contributed by atoms with E-state index in [9.17, 15) is 9.59 Å². The number of nitrogens with one attached hydrogen (secondary N) is 2. The Bertz CT molecular complexity index is 644. The third-order valence-electron chi connectivity index (χ3n) is 4.19. The summed E-state index contributed by atoms with van der Waals surface area (Å²) in [6.07, 6.45) is 1.28. The number of amides is 2. The van der Waals surface area contributed by atoms with Crippen LogP contribution in [-0.4, -0.2) is 25.5 Å². The van der Waals surface area contributed by atoms with Crippen LogP contribution in [0.25, 0.3) is 0 Å². The van der Waals surface area contributed by atoms with Crippen molar-refractivity contribution in [1.82, 2.24) is 10.6 Å². The Morgan fingerprint density at radius 3 is 1.93 bits per heavy atom. The van der Waals surface area contributed by atoms with Crippen molar-refractivity contribution in [2.24, 2.45) is 10.8 Å². The molecular weight excluding hydrogens is 356 g/mol. The molecule has 0 saturated heterocycles. The third kappa shape index (κ3) is 7.06. The Morgan fingerprint density at radius 2 is 1.50 bits per heavy atom. The van der Waals surface area contributed by atoms with Crippen molar-refractivity contribution in [3.63, 3.8) is 0 Å². The largest absolute Gasteiger partial charge is 0.493 e. The van der Waals surface area contributed by atoms with Gasteiger partial charge in [-0.05, 0) is 24.1 Å². The van der Waals surface area contributed by atoms with Gasteiger partial charge in [-0.2, -0.15) is 0 Å². The van der Waals surface area contributed by atoms with Gasteiger partial charge in [-0.3, -0.25) is 9.59 Å². The summed E-state index contributed by atoms with van der Waals surface area (Å²) >= 11 is 0. The number of ether oxygens (including phenoxy) is 2. The molecule has 0 spiro atoms. The molecule has 0 unspecified atom stereocenters. The maximum atomic E-state index is 12.6. The Hall–Kier alpha value is -2.24. The molecule has 0 radical (unpaired) electrons. The molecule has 0 aromatic heterocycles. The molecule has 1 aromatic rings. The normalized spacial score (nSPS) is 11.9. The summed E-state index contributed by atoms with van der Waals surface area (Å²) in [5.41, 5.74) is -0.447. The maximum absolute atomic E-state index is 12.6. The van der Waals surface area contributed by atoms with Crippen molar-refractivity contribution in [3.05, 3.63) is 23.8 Å². The van der Waals surface area contributed by atoms with E-state index >= 15 is 0 Å². The lowest BCUT2D eigenvalue weighted by molar-refractivity contribution is -0.132. The van der Waals surface area contributed by atoms with Gasteiger partial charge in [-0.25, -0.2) is 0 Å². The summed E-state index contributed by atoms with van der Waals surface area (Å²) < 4.78 is 11.2. The highest BCUT2D eigenvalue weighted by Gasteiger charge is 2.29. The van der Waals surface area contributed by atoms with Crippen LogP contribution in [0.3, 0.4) is 0 Å². The minimum absolute atomic E-state index is 0.157. The van der Waals surface area contributed by atoms with Gasteiger partial charge in [0.2, 0.25) is 11.8 Å². The van der Waals surface area contributed by atoms with Crippen LogP contribution >= 0.6 is 0 Å². The number of carbonyl (C=O) groups is 2. The average molecular weight is 393 g/mol. The smallest absolute Gasteiger partial charge is 0.227 e. The number of unbranched alkanes of at least 4 members (excludes halogenated alkanes) is 1. The van der Waals surface area contributed by atoms with E-state index in [1.54, 1.807) is 13.2 Å². The van der Waals surface area contributed by atoms with Crippen molar-refractivity contribution in [2.45, 2.75) is 67.5 Å². The Balaban J connectivity index is 3.22. The fourth-order valence-corrected chi connectivity index (χ4v) is 2.21. The quantitative estimate of drug-likeness (QED) is 0.513. The predicted molar refractivity (Wildman–Crippen MR) is 111 cm³/mol. The first-order valence-corrected chi connectivity index (χ1v) is 9.82. The van der Waals surface area contributed by atoms with Gasteiger partial charge in [0.15, 0.2) is 11.5 Å². The molecule has 0 bridgehead atoms. The molecule has 6 nitrogen and oxygen atoms in total. The molecule has 0 aliphatic carbocycles. The van der Waals surface area contributed by atoms with Gasteiger partial charge >= 0.3 is 0 Å². The lowest BCUT2D eigenvalue weighted by Gasteiger charge is -2.28. The van der Waals surface area contributed by atoms with Crippen molar-refractivity contribution in [1.29, 1.82) is 0 Å². The standard InChI is InChI=1S/C22H36N2O4/c1-9-10-13-28-17-14-15(11-12-16(17)27-8)18(23-19(25)21(2,3)4)24-20(26)22(5,6)7/h11-12,14,18H,9-10,13H2,1-8H3,(H,23,25)(H,24,26). The van der Waals surface area contributed by atoms with E-state index in [0.717, 1.165) is 18.4 Å². The number of carbonyl (C=O) groups excluding carboxylic acids is 2. The van der Waals surface area contributed by atoms with Crippen LogP contribution in [0.5, 0.6) is 11.5 Å². The van der Waals surface area contributed by atoms with E-state index in [1.807, 2.05) is 53.7 Å². The highest BCUT2D eigenvalue weighted by atomic mass is 16.5. The molecule has 1 rings (SSSR count). The molecule has 0 heterocycles.